The van der Waals surface area contributed by atoms with Crippen LogP contribution in [-0.4, -0.2) is 20.3 Å². The largest absolute Gasteiger partial charge is 0.487 e. The number of halogens is 2. The molecule has 6 heteroatoms. The lowest BCUT2D eigenvalue weighted by atomic mass is 9.94. The Balaban J connectivity index is 2.15. The number of rotatable bonds is 3. The first kappa shape index (κ1) is 18.0. The van der Waals surface area contributed by atoms with Gasteiger partial charge in [-0.25, -0.2) is 12.8 Å². The third-order valence-corrected chi connectivity index (χ3v) is 5.39. The van der Waals surface area contributed by atoms with Crippen molar-refractivity contribution in [3.05, 3.63) is 64.4 Å². The van der Waals surface area contributed by atoms with E-state index in [1.165, 1.54) is 12.1 Å². The van der Waals surface area contributed by atoms with E-state index in [2.05, 4.69) is 0 Å². The van der Waals surface area contributed by atoms with Gasteiger partial charge in [0.1, 0.15) is 22.1 Å². The van der Waals surface area contributed by atoms with Gasteiger partial charge in [-0.15, -0.1) is 0 Å². The molecule has 132 valence electrons. The molecule has 25 heavy (non-hydrogen) atoms. The van der Waals surface area contributed by atoms with E-state index in [1.54, 1.807) is 12.1 Å². The monoisotopic (exact) mass is 380 g/mol. The summed E-state index contributed by atoms with van der Waals surface area (Å²) in [7, 11) is -3.62. The molecule has 0 spiro atoms. The number of sulfone groups is 1. The molecule has 0 N–H and O–H groups in total. The Kier molecular flexibility index (Phi) is 4.41. The normalized spacial score (nSPS) is 16.8. The van der Waals surface area contributed by atoms with Gasteiger partial charge in [0.2, 0.25) is 0 Å². The van der Waals surface area contributed by atoms with Gasteiger partial charge in [0.05, 0.1) is 0 Å². The van der Waals surface area contributed by atoms with Crippen LogP contribution in [0, 0.1) is 5.82 Å². The van der Waals surface area contributed by atoms with E-state index in [1.807, 2.05) is 32.0 Å². The van der Waals surface area contributed by atoms with Crippen LogP contribution in [0.3, 0.4) is 0 Å². The van der Waals surface area contributed by atoms with Crippen LogP contribution in [0.25, 0.3) is 11.3 Å². The lowest BCUT2D eigenvalue weighted by molar-refractivity contribution is 0.101. The average Bonchev–Trinajstić information content (AvgIpc) is 2.82. The Hall–Kier alpha value is -1.85. The van der Waals surface area contributed by atoms with Crippen molar-refractivity contribution in [3.8, 4) is 0 Å². The van der Waals surface area contributed by atoms with Gasteiger partial charge in [-0.05, 0) is 49.7 Å². The molecule has 0 atom stereocenters. The van der Waals surface area contributed by atoms with E-state index < -0.39 is 21.3 Å². The summed E-state index contributed by atoms with van der Waals surface area (Å²) < 4.78 is 43.6. The fourth-order valence-corrected chi connectivity index (χ4v) is 3.88. The van der Waals surface area contributed by atoms with Crippen molar-refractivity contribution in [1.29, 1.82) is 0 Å². The lowest BCUT2D eigenvalue weighted by Crippen LogP contribution is -2.17. The van der Waals surface area contributed by atoms with E-state index in [4.69, 9.17) is 16.3 Å². The quantitative estimate of drug-likeness (QED) is 0.756. The molecule has 0 amide bonds. The standard InChI is InChI=1S/C19H18ClFO3S/c1-19(2)11-15(12-5-4-6-14(20)9-12)18(24-19)13-7-8-17(16(21)10-13)25(3,22)23/h4-10H,11H2,1-3H3. The Labute approximate surface area is 152 Å². The minimum Gasteiger partial charge on any atom is -0.487 e. The van der Waals surface area contributed by atoms with Crippen LogP contribution in [0.1, 0.15) is 31.4 Å². The van der Waals surface area contributed by atoms with E-state index >= 15 is 0 Å². The molecule has 2 aromatic rings. The first-order valence-corrected chi connectivity index (χ1v) is 10.0. The van der Waals surface area contributed by atoms with Crippen molar-refractivity contribution in [2.75, 3.05) is 6.26 Å². The van der Waals surface area contributed by atoms with Gasteiger partial charge in [-0.2, -0.15) is 0 Å². The molecule has 0 radical (unpaired) electrons. The summed E-state index contributed by atoms with van der Waals surface area (Å²) in [5.41, 5.74) is 1.88. The molecule has 0 saturated heterocycles. The molecule has 0 aromatic heterocycles. The van der Waals surface area contributed by atoms with Crippen LogP contribution in [0.5, 0.6) is 0 Å². The first-order chi connectivity index (χ1) is 11.6. The third-order valence-electron chi connectivity index (χ3n) is 4.02. The van der Waals surface area contributed by atoms with Gasteiger partial charge < -0.3 is 4.74 Å². The Morgan fingerprint density at radius 2 is 1.84 bits per heavy atom. The minimum atomic E-state index is -3.62. The Bertz CT molecular complexity index is 978. The number of hydrogen-bond acceptors (Lipinski definition) is 3. The zero-order valence-corrected chi connectivity index (χ0v) is 15.7. The summed E-state index contributed by atoms with van der Waals surface area (Å²) in [4.78, 5) is -0.321. The molecule has 1 aliphatic rings. The summed E-state index contributed by atoms with van der Waals surface area (Å²) in [5.74, 6) is -0.238. The molecule has 0 saturated carbocycles. The number of benzene rings is 2. The molecule has 0 fully saturated rings. The van der Waals surface area contributed by atoms with Crippen molar-refractivity contribution in [1.82, 2.24) is 0 Å². The van der Waals surface area contributed by atoms with E-state index in [0.717, 1.165) is 17.4 Å². The Morgan fingerprint density at radius 3 is 2.44 bits per heavy atom. The van der Waals surface area contributed by atoms with E-state index in [9.17, 15) is 12.8 Å². The third kappa shape index (κ3) is 3.72. The summed E-state index contributed by atoms with van der Waals surface area (Å²) >= 11 is 6.09. The second kappa shape index (κ2) is 6.15. The molecular formula is C19H18ClFO3S. The fourth-order valence-electron chi connectivity index (χ4n) is 2.97. The molecule has 3 nitrogen and oxygen atoms in total. The molecule has 3 rings (SSSR count). The van der Waals surface area contributed by atoms with E-state index in [0.29, 0.717) is 22.8 Å². The highest BCUT2D eigenvalue weighted by Gasteiger charge is 2.34. The highest BCUT2D eigenvalue weighted by molar-refractivity contribution is 7.90. The molecule has 0 bridgehead atoms. The lowest BCUT2D eigenvalue weighted by Gasteiger charge is -2.19. The summed E-state index contributed by atoms with van der Waals surface area (Å²) in [6.45, 7) is 3.90. The first-order valence-electron chi connectivity index (χ1n) is 7.75. The van der Waals surface area contributed by atoms with Gasteiger partial charge >= 0.3 is 0 Å². The second-order valence-corrected chi connectivity index (χ2v) is 9.19. The number of hydrogen-bond donors (Lipinski definition) is 0. The van der Waals surface area contributed by atoms with Crippen LogP contribution in [0.15, 0.2) is 47.4 Å². The van der Waals surface area contributed by atoms with Crippen LogP contribution in [0.2, 0.25) is 5.02 Å². The van der Waals surface area contributed by atoms with Crippen LogP contribution < -0.4 is 0 Å². The molecule has 1 heterocycles. The topological polar surface area (TPSA) is 43.4 Å². The molecule has 0 unspecified atom stereocenters. The van der Waals surface area contributed by atoms with Crippen molar-refractivity contribution < 1.29 is 17.5 Å². The highest BCUT2D eigenvalue weighted by atomic mass is 35.5. The van der Waals surface area contributed by atoms with Crippen molar-refractivity contribution >= 4 is 32.8 Å². The van der Waals surface area contributed by atoms with Gasteiger partial charge in [-0.1, -0.05) is 23.7 Å². The van der Waals surface area contributed by atoms with Crippen LogP contribution >= 0.6 is 11.6 Å². The molecule has 1 aliphatic heterocycles. The zero-order chi connectivity index (χ0) is 18.4. The van der Waals surface area contributed by atoms with Crippen molar-refractivity contribution in [2.45, 2.75) is 30.8 Å². The summed E-state index contributed by atoms with van der Waals surface area (Å²) in [6.07, 6.45) is 1.62. The van der Waals surface area contributed by atoms with Gasteiger partial charge in [0.25, 0.3) is 0 Å². The maximum absolute atomic E-state index is 14.3. The number of ether oxygens (including phenoxy) is 1. The van der Waals surface area contributed by atoms with Crippen LogP contribution in [-0.2, 0) is 14.6 Å². The highest BCUT2D eigenvalue weighted by Crippen LogP contribution is 2.44. The SMILES string of the molecule is CC1(C)CC(c2cccc(Cl)c2)=C(c2ccc(S(C)(=O)=O)c(F)c2)O1. The molecular weight excluding hydrogens is 363 g/mol. The second-order valence-electron chi connectivity index (χ2n) is 6.77. The smallest absolute Gasteiger partial charge is 0.178 e. The maximum Gasteiger partial charge on any atom is 0.178 e. The predicted molar refractivity (Wildman–Crippen MR) is 97.6 cm³/mol. The van der Waals surface area contributed by atoms with Gasteiger partial charge in [-0.3, -0.25) is 0 Å². The summed E-state index contributed by atoms with van der Waals surface area (Å²) in [6, 6.07) is 11.4. The van der Waals surface area contributed by atoms with Gasteiger partial charge in [0, 0.05) is 28.8 Å². The van der Waals surface area contributed by atoms with Crippen LogP contribution in [0.4, 0.5) is 4.39 Å². The van der Waals surface area contributed by atoms with Crippen molar-refractivity contribution in [3.63, 3.8) is 0 Å². The van der Waals surface area contributed by atoms with Gasteiger partial charge in [0.15, 0.2) is 9.84 Å². The Morgan fingerprint density at radius 1 is 1.12 bits per heavy atom. The average molecular weight is 381 g/mol. The summed E-state index contributed by atoms with van der Waals surface area (Å²) in [5, 5.41) is 0.604. The predicted octanol–water partition coefficient (Wildman–Crippen LogP) is 4.95. The molecule has 0 aliphatic carbocycles. The minimum absolute atomic E-state index is 0.321. The maximum atomic E-state index is 14.3. The van der Waals surface area contributed by atoms with Crippen molar-refractivity contribution in [2.24, 2.45) is 0 Å². The zero-order valence-electron chi connectivity index (χ0n) is 14.1. The van der Waals surface area contributed by atoms with E-state index in [-0.39, 0.29) is 4.90 Å². The fraction of sp³-hybridized carbons (Fsp3) is 0.263. The molecule has 2 aromatic carbocycles.